The molecule has 7 heteroatoms. The van der Waals surface area contributed by atoms with Gasteiger partial charge in [-0.25, -0.2) is 0 Å². The molecule has 0 aliphatic carbocycles. The Morgan fingerprint density at radius 1 is 1.16 bits per heavy atom. The highest BCUT2D eigenvalue weighted by Gasteiger charge is 2.35. The van der Waals surface area contributed by atoms with Crippen LogP contribution in [0.4, 0.5) is 13.2 Å². The number of nitrogens with two attached hydrogens (primary N) is 1. The number of nitriles is 1. The molecule has 4 nitrogen and oxygen atoms in total. The third kappa shape index (κ3) is 5.33. The zero-order chi connectivity index (χ0) is 22.8. The second-order valence-corrected chi connectivity index (χ2v) is 8.46. The summed E-state index contributed by atoms with van der Waals surface area (Å²) < 4.78 is 47.1. The highest BCUT2D eigenvalue weighted by molar-refractivity contribution is 5.95. The Labute approximate surface area is 179 Å². The van der Waals surface area contributed by atoms with Gasteiger partial charge in [-0.05, 0) is 60.7 Å². The van der Waals surface area contributed by atoms with Crippen molar-refractivity contribution in [3.63, 3.8) is 0 Å². The number of pyridine rings is 1. The molecule has 31 heavy (non-hydrogen) atoms. The predicted octanol–water partition coefficient (Wildman–Crippen LogP) is 5.93. The lowest BCUT2D eigenvalue weighted by molar-refractivity contribution is -0.139. The number of rotatable bonds is 6. The first kappa shape index (κ1) is 22.6. The van der Waals surface area contributed by atoms with Crippen molar-refractivity contribution in [2.24, 2.45) is 11.7 Å². The van der Waals surface area contributed by atoms with Crippen LogP contribution in [0, 0.1) is 17.2 Å². The highest BCUT2D eigenvalue weighted by Crippen LogP contribution is 2.40. The fraction of sp³-hybridized carbons (Fsp3) is 0.333. The molecule has 0 aliphatic rings. The summed E-state index contributed by atoms with van der Waals surface area (Å²) in [5.41, 5.74) is 6.25. The van der Waals surface area contributed by atoms with E-state index in [1.54, 1.807) is 43.5 Å². The fourth-order valence-corrected chi connectivity index (χ4v) is 3.76. The maximum Gasteiger partial charge on any atom is 0.419 e. The minimum absolute atomic E-state index is 0.0373. The minimum Gasteiger partial charge on any atom is -0.491 e. The Morgan fingerprint density at radius 2 is 1.90 bits per heavy atom. The SMILES string of the molecule is CC(C)CC(C)(N)COc1ccc(-c2cc(C#N)cc3ncccc23)cc1C(F)(F)F. The van der Waals surface area contributed by atoms with Crippen molar-refractivity contribution in [1.29, 1.82) is 5.26 Å². The Morgan fingerprint density at radius 3 is 2.55 bits per heavy atom. The summed E-state index contributed by atoms with van der Waals surface area (Å²) in [7, 11) is 0. The van der Waals surface area contributed by atoms with Gasteiger partial charge in [0.2, 0.25) is 0 Å². The van der Waals surface area contributed by atoms with Gasteiger partial charge < -0.3 is 10.5 Å². The number of hydrogen-bond acceptors (Lipinski definition) is 4. The lowest BCUT2D eigenvalue weighted by Gasteiger charge is -2.27. The average Bonchev–Trinajstić information content (AvgIpc) is 2.69. The molecule has 0 spiro atoms. The van der Waals surface area contributed by atoms with Crippen molar-refractivity contribution >= 4 is 10.9 Å². The van der Waals surface area contributed by atoms with Crippen molar-refractivity contribution in [1.82, 2.24) is 4.98 Å². The first-order chi connectivity index (χ1) is 14.5. The summed E-state index contributed by atoms with van der Waals surface area (Å²) in [6.07, 6.45) is -2.42. The molecule has 3 aromatic rings. The molecule has 0 aliphatic heterocycles. The van der Waals surface area contributed by atoms with E-state index in [1.165, 1.54) is 6.07 Å². The summed E-state index contributed by atoms with van der Waals surface area (Å²) in [6.45, 7) is 5.72. The lowest BCUT2D eigenvalue weighted by atomic mass is 9.92. The first-order valence-electron chi connectivity index (χ1n) is 9.92. The van der Waals surface area contributed by atoms with Crippen LogP contribution in [-0.2, 0) is 6.18 Å². The van der Waals surface area contributed by atoms with E-state index in [0.29, 0.717) is 34.0 Å². The van der Waals surface area contributed by atoms with E-state index in [9.17, 15) is 18.4 Å². The molecule has 1 atom stereocenters. The van der Waals surface area contributed by atoms with Crippen molar-refractivity contribution in [3.05, 3.63) is 59.8 Å². The van der Waals surface area contributed by atoms with E-state index in [2.05, 4.69) is 4.98 Å². The Bertz CT molecular complexity index is 1130. The Balaban J connectivity index is 2.06. The van der Waals surface area contributed by atoms with Gasteiger partial charge >= 0.3 is 6.18 Å². The Hall–Kier alpha value is -3.11. The van der Waals surface area contributed by atoms with Crippen LogP contribution in [0.2, 0.25) is 0 Å². The van der Waals surface area contributed by atoms with Gasteiger partial charge in [-0.1, -0.05) is 26.0 Å². The standard InChI is InChI=1S/C24H24F3N3O/c1-15(2)12-23(3,29)14-31-22-7-6-17(11-20(22)24(25,26)27)19-9-16(13-28)10-21-18(19)5-4-8-30-21/h4-11,15H,12,14,29H2,1-3H3. The summed E-state index contributed by atoms with van der Waals surface area (Å²) in [5, 5.41) is 9.98. The number of aromatic nitrogens is 1. The van der Waals surface area contributed by atoms with Gasteiger partial charge in [0.25, 0.3) is 0 Å². The van der Waals surface area contributed by atoms with Crippen LogP contribution in [0.25, 0.3) is 22.0 Å². The molecular formula is C24H24F3N3O. The summed E-state index contributed by atoms with van der Waals surface area (Å²) in [6, 6.07) is 12.6. The van der Waals surface area contributed by atoms with Crippen molar-refractivity contribution in [2.75, 3.05) is 6.61 Å². The van der Waals surface area contributed by atoms with Crippen LogP contribution in [0.5, 0.6) is 5.75 Å². The molecule has 0 fully saturated rings. The number of alkyl halides is 3. The van der Waals surface area contributed by atoms with E-state index in [-0.39, 0.29) is 18.3 Å². The smallest absolute Gasteiger partial charge is 0.419 e. The molecule has 0 saturated heterocycles. The molecule has 0 bridgehead atoms. The van der Waals surface area contributed by atoms with Crippen LogP contribution in [-0.4, -0.2) is 17.1 Å². The van der Waals surface area contributed by atoms with Gasteiger partial charge in [-0.2, -0.15) is 18.4 Å². The second-order valence-electron chi connectivity index (χ2n) is 8.46. The number of fused-ring (bicyclic) bond motifs is 1. The topological polar surface area (TPSA) is 71.9 Å². The van der Waals surface area contributed by atoms with E-state index in [4.69, 9.17) is 10.5 Å². The zero-order valence-corrected chi connectivity index (χ0v) is 17.6. The zero-order valence-electron chi connectivity index (χ0n) is 17.6. The van der Waals surface area contributed by atoms with Crippen LogP contribution in [0.15, 0.2) is 48.7 Å². The molecule has 1 aromatic heterocycles. The molecule has 0 radical (unpaired) electrons. The van der Waals surface area contributed by atoms with Crippen LogP contribution >= 0.6 is 0 Å². The molecule has 1 unspecified atom stereocenters. The third-order valence-electron chi connectivity index (χ3n) is 4.88. The maximum atomic E-state index is 13.9. The molecular weight excluding hydrogens is 403 g/mol. The molecule has 1 heterocycles. The van der Waals surface area contributed by atoms with Crippen LogP contribution in [0.3, 0.4) is 0 Å². The summed E-state index contributed by atoms with van der Waals surface area (Å²) in [5.74, 6) is 0.0212. The molecule has 162 valence electrons. The number of nitrogens with zero attached hydrogens (tertiary/aromatic N) is 2. The van der Waals surface area contributed by atoms with Crippen molar-refractivity contribution < 1.29 is 17.9 Å². The number of benzene rings is 2. The monoisotopic (exact) mass is 427 g/mol. The largest absolute Gasteiger partial charge is 0.491 e. The van der Waals surface area contributed by atoms with Crippen molar-refractivity contribution in [3.8, 4) is 22.9 Å². The minimum atomic E-state index is -4.62. The van der Waals surface area contributed by atoms with Gasteiger partial charge in [0.15, 0.2) is 0 Å². The second kappa shape index (κ2) is 8.56. The number of hydrogen-bond donors (Lipinski definition) is 1. The highest BCUT2D eigenvalue weighted by atomic mass is 19.4. The normalized spacial score (nSPS) is 13.8. The van der Waals surface area contributed by atoms with Gasteiger partial charge in [-0.3, -0.25) is 4.98 Å². The molecule has 2 N–H and O–H groups in total. The third-order valence-corrected chi connectivity index (χ3v) is 4.88. The van der Waals surface area contributed by atoms with E-state index in [1.807, 2.05) is 19.9 Å². The van der Waals surface area contributed by atoms with E-state index in [0.717, 1.165) is 6.07 Å². The summed E-state index contributed by atoms with van der Waals surface area (Å²) >= 11 is 0. The maximum absolute atomic E-state index is 13.9. The first-order valence-corrected chi connectivity index (χ1v) is 9.92. The number of ether oxygens (including phenoxy) is 1. The quantitative estimate of drug-likeness (QED) is 0.529. The lowest BCUT2D eigenvalue weighted by Crippen LogP contribution is -2.43. The van der Waals surface area contributed by atoms with Gasteiger partial charge in [0, 0.05) is 17.1 Å². The average molecular weight is 427 g/mol. The molecule has 3 rings (SSSR count). The fourth-order valence-electron chi connectivity index (χ4n) is 3.76. The van der Waals surface area contributed by atoms with Gasteiger partial charge in [0.05, 0.1) is 22.7 Å². The van der Waals surface area contributed by atoms with Crippen LogP contribution < -0.4 is 10.5 Å². The van der Waals surface area contributed by atoms with Crippen LogP contribution in [0.1, 0.15) is 38.3 Å². The van der Waals surface area contributed by atoms with Gasteiger partial charge in [0.1, 0.15) is 12.4 Å². The molecule has 0 saturated carbocycles. The predicted molar refractivity (Wildman–Crippen MR) is 114 cm³/mol. The Kier molecular flexibility index (Phi) is 6.23. The van der Waals surface area contributed by atoms with Gasteiger partial charge in [-0.15, -0.1) is 0 Å². The molecule has 0 amide bonds. The van der Waals surface area contributed by atoms with E-state index >= 15 is 0 Å². The summed E-state index contributed by atoms with van der Waals surface area (Å²) in [4.78, 5) is 4.23. The van der Waals surface area contributed by atoms with Crippen molar-refractivity contribution in [2.45, 2.75) is 38.9 Å². The molecule has 2 aromatic carbocycles. The number of halogens is 3. The van der Waals surface area contributed by atoms with E-state index < -0.39 is 17.3 Å².